The first-order valence-electron chi connectivity index (χ1n) is 10.3. The first-order valence-corrected chi connectivity index (χ1v) is 12.8. The summed E-state index contributed by atoms with van der Waals surface area (Å²) in [5, 5.41) is 3.30. The second-order valence-electron chi connectivity index (χ2n) is 7.60. The zero-order chi connectivity index (χ0) is 22.6. The summed E-state index contributed by atoms with van der Waals surface area (Å²) in [5.41, 5.74) is 2.36. The normalized spacial score (nSPS) is 14.2. The molecule has 0 aliphatic carbocycles. The number of nitrogens with zero attached hydrogens (tertiary/aromatic N) is 1. The smallest absolute Gasteiger partial charge is 0.341 e. The van der Waals surface area contributed by atoms with Crippen molar-refractivity contribution in [2.75, 3.05) is 31.3 Å². The Hall–Kier alpha value is -2.23. The van der Waals surface area contributed by atoms with Crippen molar-refractivity contribution in [3.8, 4) is 0 Å². The number of fused-ring (bicyclic) bond motifs is 1. The van der Waals surface area contributed by atoms with Crippen LogP contribution in [0.4, 0.5) is 5.00 Å². The largest absolute Gasteiger partial charge is 0.465 e. The number of benzene rings is 1. The highest BCUT2D eigenvalue weighted by atomic mass is 32.2. The second-order valence-corrected chi connectivity index (χ2v) is 10.8. The van der Waals surface area contributed by atoms with Gasteiger partial charge < -0.3 is 10.1 Å². The highest BCUT2D eigenvalue weighted by molar-refractivity contribution is 7.91. The Bertz CT molecular complexity index is 1060. The maximum Gasteiger partial charge on any atom is 0.341 e. The van der Waals surface area contributed by atoms with E-state index in [1.807, 2.05) is 6.92 Å². The number of aryl methyl sites for hydroxylation is 1. The Labute approximate surface area is 187 Å². The number of methoxy groups -OCH3 is 1. The third-order valence-corrected chi connectivity index (χ3v) is 8.37. The number of hydrogen-bond acceptors (Lipinski definition) is 7. The molecular formula is C22H28N2O5S2. The number of thiophene rings is 1. The molecule has 0 radical (unpaired) electrons. The molecule has 0 unspecified atom stereocenters. The minimum atomic E-state index is -3.44. The number of nitrogens with one attached hydrogen (secondary N) is 1. The lowest BCUT2D eigenvalue weighted by molar-refractivity contribution is -0.116. The molecule has 1 aliphatic rings. The first-order chi connectivity index (χ1) is 14.7. The van der Waals surface area contributed by atoms with Crippen molar-refractivity contribution in [2.24, 2.45) is 0 Å². The molecule has 7 nitrogen and oxygen atoms in total. The van der Waals surface area contributed by atoms with Gasteiger partial charge in [-0.1, -0.05) is 24.6 Å². The number of hydrogen-bond donors (Lipinski definition) is 1. The fourth-order valence-electron chi connectivity index (χ4n) is 3.61. The second kappa shape index (κ2) is 9.93. The van der Waals surface area contributed by atoms with Crippen LogP contribution in [0, 0.1) is 6.92 Å². The summed E-state index contributed by atoms with van der Waals surface area (Å²) < 4.78 is 29.9. The van der Waals surface area contributed by atoms with Gasteiger partial charge in [-0.3, -0.25) is 9.69 Å². The van der Waals surface area contributed by atoms with Crippen LogP contribution < -0.4 is 5.32 Å². The van der Waals surface area contributed by atoms with E-state index in [2.05, 4.69) is 17.1 Å². The van der Waals surface area contributed by atoms with E-state index in [0.29, 0.717) is 10.6 Å². The van der Waals surface area contributed by atoms with Crippen molar-refractivity contribution in [2.45, 2.75) is 44.6 Å². The molecule has 1 aliphatic heterocycles. The number of rotatable bonds is 8. The van der Waals surface area contributed by atoms with Gasteiger partial charge >= 0.3 is 5.97 Å². The van der Waals surface area contributed by atoms with Gasteiger partial charge in [0.2, 0.25) is 5.91 Å². The number of likely N-dealkylation sites (N-methyl/N-ethyl adjacent to an activating group) is 1. The predicted octanol–water partition coefficient (Wildman–Crippen LogP) is 3.41. The Balaban J connectivity index is 1.66. The van der Waals surface area contributed by atoms with Crippen molar-refractivity contribution in [1.82, 2.24) is 4.90 Å². The zero-order valence-corrected chi connectivity index (χ0v) is 19.7. The van der Waals surface area contributed by atoms with Gasteiger partial charge in [-0.25, -0.2) is 13.2 Å². The van der Waals surface area contributed by atoms with Crippen molar-refractivity contribution in [3.05, 3.63) is 45.8 Å². The number of anilines is 1. The van der Waals surface area contributed by atoms with E-state index in [1.165, 1.54) is 18.4 Å². The summed E-state index contributed by atoms with van der Waals surface area (Å²) in [7, 11) is -2.11. The molecule has 168 valence electrons. The van der Waals surface area contributed by atoms with Crippen LogP contribution in [0.3, 0.4) is 0 Å². The molecular weight excluding hydrogens is 436 g/mol. The predicted molar refractivity (Wildman–Crippen MR) is 121 cm³/mol. The minimum absolute atomic E-state index is 0.0509. The molecule has 1 aromatic heterocycles. The summed E-state index contributed by atoms with van der Waals surface area (Å²) in [6.45, 7) is 6.50. The van der Waals surface area contributed by atoms with Crippen LogP contribution >= 0.6 is 11.3 Å². The molecule has 0 saturated heterocycles. The molecule has 0 atom stereocenters. The number of carbonyl (C=O) groups is 2. The van der Waals surface area contributed by atoms with Gasteiger partial charge in [0.05, 0.1) is 23.3 Å². The van der Waals surface area contributed by atoms with E-state index in [-0.39, 0.29) is 29.4 Å². The van der Waals surface area contributed by atoms with Gasteiger partial charge in [-0.05, 0) is 44.0 Å². The van der Waals surface area contributed by atoms with Crippen molar-refractivity contribution in [1.29, 1.82) is 0 Å². The highest BCUT2D eigenvalue weighted by Crippen LogP contribution is 2.37. The van der Waals surface area contributed by atoms with Gasteiger partial charge in [0.1, 0.15) is 5.00 Å². The average molecular weight is 465 g/mol. The Kier molecular flexibility index (Phi) is 7.51. The monoisotopic (exact) mass is 464 g/mol. The summed E-state index contributed by atoms with van der Waals surface area (Å²) in [4.78, 5) is 28.5. The van der Waals surface area contributed by atoms with E-state index < -0.39 is 15.8 Å². The molecule has 0 bridgehead atoms. The highest BCUT2D eigenvalue weighted by Gasteiger charge is 2.29. The molecule has 0 saturated carbocycles. The minimum Gasteiger partial charge on any atom is -0.465 e. The first kappa shape index (κ1) is 23.4. The molecule has 1 aromatic carbocycles. The number of ether oxygens (including phenoxy) is 1. The van der Waals surface area contributed by atoms with E-state index in [4.69, 9.17) is 4.74 Å². The van der Waals surface area contributed by atoms with Crippen LogP contribution in [-0.2, 0) is 32.3 Å². The SMILES string of the molecule is CCN1CCc2c(sc(NC(=O)CCCS(=O)(=O)c3ccc(C)cc3)c2C(=O)OC)C1. The van der Waals surface area contributed by atoms with Crippen LogP contribution in [0.2, 0.25) is 0 Å². The van der Waals surface area contributed by atoms with Gasteiger partial charge in [0.25, 0.3) is 0 Å². The van der Waals surface area contributed by atoms with Crippen LogP contribution in [0.25, 0.3) is 0 Å². The molecule has 0 fully saturated rings. The fourth-order valence-corrected chi connectivity index (χ4v) is 6.21. The Morgan fingerprint density at radius 2 is 1.94 bits per heavy atom. The van der Waals surface area contributed by atoms with Crippen molar-refractivity contribution >= 4 is 38.1 Å². The van der Waals surface area contributed by atoms with Gasteiger partial charge in [0.15, 0.2) is 9.84 Å². The lowest BCUT2D eigenvalue weighted by Crippen LogP contribution is -2.29. The lowest BCUT2D eigenvalue weighted by atomic mass is 10.0. The number of amides is 1. The summed E-state index contributed by atoms with van der Waals surface area (Å²) in [5.74, 6) is -0.880. The molecule has 31 heavy (non-hydrogen) atoms. The van der Waals surface area contributed by atoms with Crippen LogP contribution in [0.5, 0.6) is 0 Å². The fraction of sp³-hybridized carbons (Fsp3) is 0.455. The number of carbonyl (C=O) groups excluding carboxylic acids is 2. The molecule has 1 N–H and O–H groups in total. The summed E-state index contributed by atoms with van der Waals surface area (Å²) >= 11 is 1.40. The van der Waals surface area contributed by atoms with Gasteiger partial charge in [-0.15, -0.1) is 11.3 Å². The zero-order valence-electron chi connectivity index (χ0n) is 18.1. The van der Waals surface area contributed by atoms with E-state index >= 15 is 0 Å². The maximum atomic E-state index is 12.5. The van der Waals surface area contributed by atoms with Crippen LogP contribution in [0.15, 0.2) is 29.2 Å². The van der Waals surface area contributed by atoms with Gasteiger partial charge in [-0.2, -0.15) is 0 Å². The van der Waals surface area contributed by atoms with E-state index in [0.717, 1.165) is 42.1 Å². The standard InChI is InChI=1S/C22H28N2O5S2/c1-4-24-12-11-17-18(14-24)30-21(20(17)22(26)29-3)23-19(25)6-5-13-31(27,28)16-9-7-15(2)8-10-16/h7-10H,4-6,11-14H2,1-3H3,(H,23,25). The summed E-state index contributed by atoms with van der Waals surface area (Å²) in [6, 6.07) is 6.69. The molecule has 0 spiro atoms. The Morgan fingerprint density at radius 1 is 1.23 bits per heavy atom. The van der Waals surface area contributed by atoms with E-state index in [9.17, 15) is 18.0 Å². The Morgan fingerprint density at radius 3 is 2.58 bits per heavy atom. The number of esters is 1. The molecule has 3 rings (SSSR count). The molecule has 2 heterocycles. The average Bonchev–Trinajstić information content (AvgIpc) is 3.09. The van der Waals surface area contributed by atoms with Crippen LogP contribution in [-0.4, -0.2) is 51.1 Å². The summed E-state index contributed by atoms with van der Waals surface area (Å²) in [6.07, 6.45) is 0.981. The van der Waals surface area contributed by atoms with E-state index in [1.54, 1.807) is 24.3 Å². The lowest BCUT2D eigenvalue weighted by Gasteiger charge is -2.25. The van der Waals surface area contributed by atoms with Crippen LogP contribution in [0.1, 0.15) is 46.1 Å². The molecule has 9 heteroatoms. The molecule has 1 amide bonds. The third-order valence-electron chi connectivity index (χ3n) is 5.42. The topological polar surface area (TPSA) is 92.8 Å². The number of sulfone groups is 1. The van der Waals surface area contributed by atoms with Crippen molar-refractivity contribution < 1.29 is 22.7 Å². The van der Waals surface area contributed by atoms with Crippen molar-refractivity contribution in [3.63, 3.8) is 0 Å². The quantitative estimate of drug-likeness (QED) is 0.602. The molecule has 2 aromatic rings. The van der Waals surface area contributed by atoms with Gasteiger partial charge in [0, 0.05) is 24.4 Å². The third kappa shape index (κ3) is 5.53. The maximum absolute atomic E-state index is 12.5.